The SMILES string of the molecule is CCS(=O)(=O)c1ccc(CC(=O)NC2(C(=O)O)CC2)cc1. The van der Waals surface area contributed by atoms with Gasteiger partial charge in [0.1, 0.15) is 5.54 Å². The summed E-state index contributed by atoms with van der Waals surface area (Å²) in [5, 5.41) is 11.5. The Hall–Kier alpha value is -1.89. The second-order valence-corrected chi connectivity index (χ2v) is 7.44. The molecule has 1 aliphatic carbocycles. The minimum absolute atomic E-state index is 0.0218. The standard InChI is InChI=1S/C14H17NO5S/c1-2-21(19,20)11-5-3-10(4-6-11)9-12(16)15-14(7-8-14)13(17)18/h3-6H,2,7-9H2,1H3,(H,15,16)(H,17,18). The number of aliphatic carboxylic acids is 1. The van der Waals surface area contributed by atoms with Crippen LogP contribution in [0.1, 0.15) is 25.3 Å². The van der Waals surface area contributed by atoms with Crippen LogP contribution in [-0.4, -0.2) is 36.7 Å². The number of amides is 1. The third-order valence-corrected chi connectivity index (χ3v) is 5.32. The number of hydrogen-bond donors (Lipinski definition) is 2. The zero-order chi connectivity index (χ0) is 15.7. The first-order valence-electron chi connectivity index (χ1n) is 6.65. The molecule has 0 spiro atoms. The number of carboxylic acids is 1. The Labute approximate surface area is 123 Å². The Morgan fingerprint density at radius 3 is 2.24 bits per heavy atom. The lowest BCUT2D eigenvalue weighted by Gasteiger charge is -2.12. The van der Waals surface area contributed by atoms with Gasteiger partial charge < -0.3 is 10.4 Å². The Balaban J connectivity index is 2.01. The fourth-order valence-electron chi connectivity index (χ4n) is 2.00. The molecule has 21 heavy (non-hydrogen) atoms. The summed E-state index contributed by atoms with van der Waals surface area (Å²) in [6.07, 6.45) is 0.922. The van der Waals surface area contributed by atoms with Crippen molar-refractivity contribution >= 4 is 21.7 Å². The molecule has 6 nitrogen and oxygen atoms in total. The number of carbonyl (C=O) groups is 2. The molecule has 1 aromatic rings. The van der Waals surface area contributed by atoms with Gasteiger partial charge in [0.25, 0.3) is 0 Å². The maximum atomic E-state index is 11.8. The molecule has 2 N–H and O–H groups in total. The van der Waals surface area contributed by atoms with Crippen LogP contribution in [0.25, 0.3) is 0 Å². The highest BCUT2D eigenvalue weighted by molar-refractivity contribution is 7.91. The van der Waals surface area contributed by atoms with Crippen molar-refractivity contribution in [1.29, 1.82) is 0 Å². The summed E-state index contributed by atoms with van der Waals surface area (Å²) in [7, 11) is -3.25. The molecule has 7 heteroatoms. The molecular formula is C14H17NO5S. The summed E-state index contributed by atoms with van der Waals surface area (Å²) in [4.78, 5) is 23.0. The molecule has 0 bridgehead atoms. The van der Waals surface area contributed by atoms with E-state index in [2.05, 4.69) is 5.32 Å². The Bertz CT molecular complexity index is 659. The topological polar surface area (TPSA) is 101 Å². The van der Waals surface area contributed by atoms with E-state index in [1.165, 1.54) is 12.1 Å². The molecular weight excluding hydrogens is 294 g/mol. The van der Waals surface area contributed by atoms with E-state index in [4.69, 9.17) is 5.11 Å². The second-order valence-electron chi connectivity index (χ2n) is 5.16. The van der Waals surface area contributed by atoms with Crippen molar-refractivity contribution in [2.75, 3.05) is 5.75 Å². The van der Waals surface area contributed by atoms with Crippen LogP contribution in [-0.2, 0) is 25.8 Å². The lowest BCUT2D eigenvalue weighted by molar-refractivity contribution is -0.143. The number of hydrogen-bond acceptors (Lipinski definition) is 4. The summed E-state index contributed by atoms with van der Waals surface area (Å²) in [5.74, 6) is -1.37. The van der Waals surface area contributed by atoms with Gasteiger partial charge in [-0.2, -0.15) is 0 Å². The molecule has 0 atom stereocenters. The van der Waals surface area contributed by atoms with Gasteiger partial charge in [-0.1, -0.05) is 19.1 Å². The van der Waals surface area contributed by atoms with E-state index in [0.717, 1.165) is 0 Å². The minimum Gasteiger partial charge on any atom is -0.480 e. The van der Waals surface area contributed by atoms with Crippen LogP contribution in [0.3, 0.4) is 0 Å². The highest BCUT2D eigenvalue weighted by Crippen LogP contribution is 2.35. The Morgan fingerprint density at radius 2 is 1.81 bits per heavy atom. The van der Waals surface area contributed by atoms with Crippen LogP contribution >= 0.6 is 0 Å². The largest absolute Gasteiger partial charge is 0.480 e. The summed E-state index contributed by atoms with van der Waals surface area (Å²) in [6, 6.07) is 6.07. The monoisotopic (exact) mass is 311 g/mol. The summed E-state index contributed by atoms with van der Waals surface area (Å²) in [5.41, 5.74) is -0.452. The Kier molecular flexibility index (Phi) is 4.04. The molecule has 0 radical (unpaired) electrons. The van der Waals surface area contributed by atoms with Gasteiger partial charge in [-0.25, -0.2) is 13.2 Å². The van der Waals surface area contributed by atoms with Gasteiger partial charge in [0.2, 0.25) is 5.91 Å². The van der Waals surface area contributed by atoms with Crippen LogP contribution in [0.2, 0.25) is 0 Å². The lowest BCUT2D eigenvalue weighted by atomic mass is 10.1. The third kappa shape index (κ3) is 3.41. The van der Waals surface area contributed by atoms with Gasteiger partial charge in [-0.3, -0.25) is 4.79 Å². The molecule has 1 aliphatic rings. The molecule has 0 heterocycles. The first-order chi connectivity index (χ1) is 9.79. The van der Waals surface area contributed by atoms with Crippen molar-refractivity contribution in [2.45, 2.75) is 36.6 Å². The maximum absolute atomic E-state index is 11.8. The van der Waals surface area contributed by atoms with Gasteiger partial charge in [-0.15, -0.1) is 0 Å². The third-order valence-electron chi connectivity index (χ3n) is 3.57. The maximum Gasteiger partial charge on any atom is 0.329 e. The van der Waals surface area contributed by atoms with E-state index in [9.17, 15) is 18.0 Å². The highest BCUT2D eigenvalue weighted by Gasteiger charge is 2.51. The predicted octanol–water partition coefficient (Wildman–Crippen LogP) is 0.756. The van der Waals surface area contributed by atoms with Crippen LogP contribution < -0.4 is 5.32 Å². The smallest absolute Gasteiger partial charge is 0.329 e. The van der Waals surface area contributed by atoms with Crippen molar-refractivity contribution in [3.05, 3.63) is 29.8 Å². The Morgan fingerprint density at radius 1 is 1.24 bits per heavy atom. The summed E-state index contributed by atoms with van der Waals surface area (Å²) < 4.78 is 23.3. The predicted molar refractivity (Wildman–Crippen MR) is 75.6 cm³/mol. The van der Waals surface area contributed by atoms with Crippen LogP contribution in [0.15, 0.2) is 29.2 Å². The molecule has 0 aromatic heterocycles. The molecule has 1 amide bonds. The molecule has 0 unspecified atom stereocenters. The number of sulfone groups is 1. The molecule has 0 aliphatic heterocycles. The molecule has 1 aromatic carbocycles. The molecule has 1 fully saturated rings. The van der Waals surface area contributed by atoms with Crippen molar-refractivity contribution in [3.8, 4) is 0 Å². The normalized spacial score (nSPS) is 16.2. The zero-order valence-corrected chi connectivity index (χ0v) is 12.4. The fraction of sp³-hybridized carbons (Fsp3) is 0.429. The number of nitrogens with one attached hydrogen (secondary N) is 1. The number of benzene rings is 1. The summed E-state index contributed by atoms with van der Waals surface area (Å²) in [6.45, 7) is 1.57. The van der Waals surface area contributed by atoms with Crippen LogP contribution in [0.5, 0.6) is 0 Å². The molecule has 2 rings (SSSR count). The van der Waals surface area contributed by atoms with Crippen LogP contribution in [0, 0.1) is 0 Å². The van der Waals surface area contributed by atoms with E-state index in [1.807, 2.05) is 0 Å². The first-order valence-corrected chi connectivity index (χ1v) is 8.30. The van der Waals surface area contributed by atoms with Gasteiger partial charge >= 0.3 is 5.97 Å². The molecule has 0 saturated heterocycles. The van der Waals surface area contributed by atoms with Gasteiger partial charge in [-0.05, 0) is 30.5 Å². The average Bonchev–Trinajstić information content (AvgIpc) is 3.20. The van der Waals surface area contributed by atoms with E-state index in [-0.39, 0.29) is 23.0 Å². The van der Waals surface area contributed by atoms with Gasteiger partial charge in [0, 0.05) is 0 Å². The van der Waals surface area contributed by atoms with E-state index < -0.39 is 21.3 Å². The number of carboxylic acid groups (broad SMARTS) is 1. The highest BCUT2D eigenvalue weighted by atomic mass is 32.2. The van der Waals surface area contributed by atoms with Gasteiger partial charge in [0.05, 0.1) is 17.1 Å². The minimum atomic E-state index is -3.25. The average molecular weight is 311 g/mol. The van der Waals surface area contributed by atoms with Crippen molar-refractivity contribution < 1.29 is 23.1 Å². The van der Waals surface area contributed by atoms with E-state index in [0.29, 0.717) is 18.4 Å². The van der Waals surface area contributed by atoms with Gasteiger partial charge in [0.15, 0.2) is 9.84 Å². The zero-order valence-electron chi connectivity index (χ0n) is 11.6. The second kappa shape index (κ2) is 5.48. The lowest BCUT2D eigenvalue weighted by Crippen LogP contribution is -2.43. The fourth-order valence-corrected chi connectivity index (χ4v) is 2.88. The number of carbonyl (C=O) groups excluding carboxylic acids is 1. The molecule has 1 saturated carbocycles. The van der Waals surface area contributed by atoms with Crippen molar-refractivity contribution in [3.63, 3.8) is 0 Å². The summed E-state index contributed by atoms with van der Waals surface area (Å²) >= 11 is 0. The van der Waals surface area contributed by atoms with Crippen molar-refractivity contribution in [2.24, 2.45) is 0 Å². The first kappa shape index (κ1) is 15.5. The quantitative estimate of drug-likeness (QED) is 0.807. The number of rotatable bonds is 6. The molecule has 114 valence electrons. The van der Waals surface area contributed by atoms with E-state index in [1.54, 1.807) is 19.1 Å². The van der Waals surface area contributed by atoms with E-state index >= 15 is 0 Å². The van der Waals surface area contributed by atoms with Crippen molar-refractivity contribution in [1.82, 2.24) is 5.32 Å². The van der Waals surface area contributed by atoms with Crippen LogP contribution in [0.4, 0.5) is 0 Å².